The zero-order chi connectivity index (χ0) is 35.5. The Labute approximate surface area is 295 Å². The van der Waals surface area contributed by atoms with Crippen LogP contribution in [0.1, 0.15) is 47.5 Å². The van der Waals surface area contributed by atoms with Crippen LogP contribution >= 0.6 is 0 Å². The summed E-state index contributed by atoms with van der Waals surface area (Å²) in [6.07, 6.45) is 3.69. The minimum atomic E-state index is -0.0445. The number of aromatic nitrogens is 8. The van der Waals surface area contributed by atoms with Crippen molar-refractivity contribution in [1.29, 1.82) is 0 Å². The quantitative estimate of drug-likeness (QED) is 0.169. The molecule has 0 aliphatic heterocycles. The van der Waals surface area contributed by atoms with Crippen LogP contribution in [0.4, 0.5) is 0 Å². The molecule has 8 aromatic rings. The highest BCUT2D eigenvalue weighted by atomic mass is 16.1. The van der Waals surface area contributed by atoms with Gasteiger partial charge in [-0.15, -0.1) is 0 Å². The highest BCUT2D eigenvalue weighted by Gasteiger charge is 2.12. The Morgan fingerprint density at radius 1 is 0.627 bits per heavy atom. The van der Waals surface area contributed by atoms with Crippen LogP contribution in [0.15, 0.2) is 122 Å². The standard InChI is InChI=1S/C21H21N5.C20H16N4O/c1-14-6-4-9-21(24-14)26-20-12-16(10-11-17(20)13-23-26)19-8-5-7-18(25-19)15(2)22-3;1-13-5-3-8-20(22-13)24-19-11-15(9-10-16(19)12-21-24)18-7-4-6-17(23-18)14(2)25/h4-13,15,22H,1-3H3;3-12H,1-2H3. The highest BCUT2D eigenvalue weighted by molar-refractivity contribution is 5.93. The van der Waals surface area contributed by atoms with Gasteiger partial charge in [-0.3, -0.25) is 9.78 Å². The van der Waals surface area contributed by atoms with E-state index in [-0.39, 0.29) is 11.8 Å². The van der Waals surface area contributed by atoms with Crippen molar-refractivity contribution in [3.05, 3.63) is 144 Å². The zero-order valence-corrected chi connectivity index (χ0v) is 29.1. The first-order chi connectivity index (χ1) is 24.8. The third-order valence-corrected chi connectivity index (χ3v) is 8.67. The molecule has 10 heteroatoms. The van der Waals surface area contributed by atoms with Crippen LogP contribution in [-0.2, 0) is 0 Å². The van der Waals surface area contributed by atoms with Gasteiger partial charge < -0.3 is 5.32 Å². The van der Waals surface area contributed by atoms with Gasteiger partial charge in [-0.25, -0.2) is 24.3 Å². The van der Waals surface area contributed by atoms with Gasteiger partial charge in [0.1, 0.15) is 5.69 Å². The predicted octanol–water partition coefficient (Wildman–Crippen LogP) is 8.06. The number of pyridine rings is 4. The van der Waals surface area contributed by atoms with E-state index in [9.17, 15) is 4.79 Å². The fourth-order valence-corrected chi connectivity index (χ4v) is 5.81. The summed E-state index contributed by atoms with van der Waals surface area (Å²) in [5, 5.41) is 14.3. The van der Waals surface area contributed by atoms with Crippen molar-refractivity contribution < 1.29 is 4.79 Å². The van der Waals surface area contributed by atoms with Crippen molar-refractivity contribution in [3.8, 4) is 34.2 Å². The van der Waals surface area contributed by atoms with Crippen molar-refractivity contribution in [2.75, 3.05) is 7.05 Å². The molecule has 0 spiro atoms. The molecule has 0 aliphatic rings. The Kier molecular flexibility index (Phi) is 9.24. The highest BCUT2D eigenvalue weighted by Crippen LogP contribution is 2.27. The number of carbonyl (C=O) groups excluding carboxylic acids is 1. The van der Waals surface area contributed by atoms with Gasteiger partial charge in [0.15, 0.2) is 17.4 Å². The summed E-state index contributed by atoms with van der Waals surface area (Å²) in [6.45, 7) is 7.57. The number of fused-ring (bicyclic) bond motifs is 2. The first-order valence-electron chi connectivity index (χ1n) is 16.7. The molecule has 1 N–H and O–H groups in total. The Balaban J connectivity index is 0.000000159. The van der Waals surface area contributed by atoms with Gasteiger partial charge in [-0.05, 0) is 88.5 Å². The number of nitrogens with one attached hydrogen (secondary N) is 1. The molecule has 0 fully saturated rings. The lowest BCUT2D eigenvalue weighted by molar-refractivity contribution is 0.101. The van der Waals surface area contributed by atoms with Crippen LogP contribution in [-0.4, -0.2) is 52.3 Å². The number of ketones is 1. The van der Waals surface area contributed by atoms with E-state index in [4.69, 9.17) is 4.98 Å². The van der Waals surface area contributed by atoms with Crippen molar-refractivity contribution >= 4 is 27.6 Å². The number of nitrogens with zero attached hydrogens (tertiary/aromatic N) is 8. The van der Waals surface area contributed by atoms with Gasteiger partial charge in [-0.2, -0.15) is 10.2 Å². The molecule has 0 radical (unpaired) electrons. The second-order valence-corrected chi connectivity index (χ2v) is 12.4. The maximum absolute atomic E-state index is 11.6. The Morgan fingerprint density at radius 2 is 1.14 bits per heavy atom. The van der Waals surface area contributed by atoms with E-state index in [1.807, 2.05) is 122 Å². The third kappa shape index (κ3) is 7.03. The van der Waals surface area contributed by atoms with Crippen LogP contribution < -0.4 is 5.32 Å². The summed E-state index contributed by atoms with van der Waals surface area (Å²) < 4.78 is 3.70. The van der Waals surface area contributed by atoms with Gasteiger partial charge in [0.2, 0.25) is 0 Å². The molecule has 252 valence electrons. The number of hydrogen-bond acceptors (Lipinski definition) is 8. The van der Waals surface area contributed by atoms with E-state index in [2.05, 4.69) is 61.7 Å². The minimum Gasteiger partial charge on any atom is -0.312 e. The number of rotatable bonds is 7. The van der Waals surface area contributed by atoms with Crippen molar-refractivity contribution in [3.63, 3.8) is 0 Å². The zero-order valence-electron chi connectivity index (χ0n) is 29.1. The first kappa shape index (κ1) is 33.1. The van der Waals surface area contributed by atoms with E-state index in [0.717, 1.165) is 73.0 Å². The fourth-order valence-electron chi connectivity index (χ4n) is 5.81. The molecule has 0 aliphatic carbocycles. The topological polar surface area (TPSA) is 116 Å². The van der Waals surface area contributed by atoms with Crippen LogP contribution in [0.25, 0.3) is 56.0 Å². The van der Waals surface area contributed by atoms with Crippen LogP contribution in [0.3, 0.4) is 0 Å². The third-order valence-electron chi connectivity index (χ3n) is 8.67. The molecule has 0 amide bonds. The lowest BCUT2D eigenvalue weighted by Crippen LogP contribution is -2.13. The average Bonchev–Trinajstić information content (AvgIpc) is 3.79. The van der Waals surface area contributed by atoms with Gasteiger partial charge in [0.25, 0.3) is 0 Å². The number of aryl methyl sites for hydroxylation is 2. The van der Waals surface area contributed by atoms with Crippen LogP contribution in [0.5, 0.6) is 0 Å². The van der Waals surface area contributed by atoms with E-state index in [1.165, 1.54) is 6.92 Å². The molecule has 0 saturated carbocycles. The van der Waals surface area contributed by atoms with Crippen molar-refractivity contribution in [2.45, 2.75) is 33.7 Å². The largest absolute Gasteiger partial charge is 0.312 e. The summed E-state index contributed by atoms with van der Waals surface area (Å²) in [6, 6.07) is 36.0. The molecule has 6 aromatic heterocycles. The van der Waals surface area contributed by atoms with Gasteiger partial charge in [-0.1, -0.05) is 48.5 Å². The molecule has 1 atom stereocenters. The SMILES string of the molecule is CC(=O)c1cccc(-c2ccc3cnn(-c4cccc(C)n4)c3c2)n1.CNC(C)c1cccc(-c2ccc3cnn(-c4cccc(C)n4)c3c2)n1. The molecule has 51 heavy (non-hydrogen) atoms. The smallest absolute Gasteiger partial charge is 0.178 e. The van der Waals surface area contributed by atoms with Crippen LogP contribution in [0, 0.1) is 13.8 Å². The lowest BCUT2D eigenvalue weighted by atomic mass is 10.1. The second-order valence-electron chi connectivity index (χ2n) is 12.4. The molecule has 0 bridgehead atoms. The first-order valence-corrected chi connectivity index (χ1v) is 16.7. The average molecular weight is 672 g/mol. The summed E-state index contributed by atoms with van der Waals surface area (Å²) in [4.78, 5) is 30.0. The van der Waals surface area contributed by atoms with E-state index in [1.54, 1.807) is 6.07 Å². The van der Waals surface area contributed by atoms with Crippen molar-refractivity contribution in [2.24, 2.45) is 0 Å². The van der Waals surface area contributed by atoms with Gasteiger partial charge >= 0.3 is 0 Å². The lowest BCUT2D eigenvalue weighted by Gasteiger charge is -2.11. The molecular weight excluding hydrogens is 635 g/mol. The molecule has 8 rings (SSSR count). The minimum absolute atomic E-state index is 0.0445. The summed E-state index contributed by atoms with van der Waals surface area (Å²) in [7, 11) is 1.94. The number of hydrogen-bond donors (Lipinski definition) is 1. The summed E-state index contributed by atoms with van der Waals surface area (Å²) in [5.74, 6) is 1.55. The molecule has 10 nitrogen and oxygen atoms in total. The van der Waals surface area contributed by atoms with E-state index < -0.39 is 0 Å². The number of benzene rings is 2. The summed E-state index contributed by atoms with van der Waals surface area (Å²) in [5.41, 5.74) is 9.09. The Hall–Kier alpha value is -6.39. The maximum atomic E-state index is 11.6. The maximum Gasteiger partial charge on any atom is 0.178 e. The van der Waals surface area contributed by atoms with Crippen molar-refractivity contribution in [1.82, 2.24) is 44.8 Å². The van der Waals surface area contributed by atoms with Crippen LogP contribution in [0.2, 0.25) is 0 Å². The molecule has 2 aromatic carbocycles. The molecule has 1 unspecified atom stereocenters. The number of Topliss-reactive ketones (excluding diaryl/α,β-unsaturated/α-hetero) is 1. The molecule has 0 saturated heterocycles. The fraction of sp³-hybridized carbons (Fsp3) is 0.146. The predicted molar refractivity (Wildman–Crippen MR) is 201 cm³/mol. The normalized spacial score (nSPS) is 11.7. The Morgan fingerprint density at radius 3 is 1.65 bits per heavy atom. The summed E-state index contributed by atoms with van der Waals surface area (Å²) >= 11 is 0. The monoisotopic (exact) mass is 671 g/mol. The Bertz CT molecular complexity index is 2520. The van der Waals surface area contributed by atoms with E-state index in [0.29, 0.717) is 5.69 Å². The number of carbonyl (C=O) groups is 1. The molecular formula is C41H37N9O. The second kappa shape index (κ2) is 14.2. The van der Waals surface area contributed by atoms with E-state index >= 15 is 0 Å². The molecule has 6 heterocycles. The van der Waals surface area contributed by atoms with Gasteiger partial charge in [0, 0.05) is 46.3 Å². The van der Waals surface area contributed by atoms with Gasteiger partial charge in [0.05, 0.1) is 40.5 Å².